The standard InChI is InChI=1S/C14H25NO5/c1-13(2,3)11-15(12(17)20-14(4,5)6)9(8-19-11)10(16)18-7/h9,11H,8H2,1-7H3/t9-,11-/m0/s1/i9D. The van der Waals surface area contributed by atoms with E-state index in [1.165, 1.54) is 7.11 Å². The first kappa shape index (κ1) is 15.1. The van der Waals surface area contributed by atoms with Crippen LogP contribution in [0.25, 0.3) is 0 Å². The topological polar surface area (TPSA) is 65.1 Å². The number of ether oxygens (including phenoxy) is 3. The van der Waals surface area contributed by atoms with Gasteiger partial charge in [0.05, 0.1) is 15.1 Å². The van der Waals surface area contributed by atoms with Gasteiger partial charge in [0, 0.05) is 5.41 Å². The minimum atomic E-state index is -1.94. The summed E-state index contributed by atoms with van der Waals surface area (Å²) in [6.45, 7) is 10.5. The molecule has 1 saturated heterocycles. The SMILES string of the molecule is [2H][C@@]1(C(=O)OC)CO[C@@H](C(C)(C)C)N1C(=O)OC(C)(C)C. The van der Waals surface area contributed by atoms with E-state index in [1.807, 2.05) is 20.8 Å². The summed E-state index contributed by atoms with van der Waals surface area (Å²) >= 11 is 0. The highest BCUT2D eigenvalue weighted by molar-refractivity contribution is 5.82. The fraction of sp³-hybridized carbons (Fsp3) is 0.857. The van der Waals surface area contributed by atoms with E-state index in [-0.39, 0.29) is 6.61 Å². The van der Waals surface area contributed by atoms with Crippen molar-refractivity contribution >= 4 is 12.1 Å². The first-order chi connectivity index (χ1) is 9.33. The molecule has 0 radical (unpaired) electrons. The first-order valence-electron chi connectivity index (χ1n) is 7.05. The normalized spacial score (nSPS) is 28.1. The maximum atomic E-state index is 12.4. The van der Waals surface area contributed by atoms with Crippen molar-refractivity contribution in [1.82, 2.24) is 4.90 Å². The van der Waals surface area contributed by atoms with E-state index >= 15 is 0 Å². The molecule has 1 fully saturated rings. The lowest BCUT2D eigenvalue weighted by atomic mass is 9.93. The third-order valence-corrected chi connectivity index (χ3v) is 2.66. The third kappa shape index (κ3) is 3.85. The number of hydrogen-bond donors (Lipinski definition) is 0. The predicted molar refractivity (Wildman–Crippen MR) is 73.1 cm³/mol. The van der Waals surface area contributed by atoms with Gasteiger partial charge < -0.3 is 14.2 Å². The molecule has 0 bridgehead atoms. The Kier molecular flexibility index (Phi) is 4.22. The van der Waals surface area contributed by atoms with Crippen LogP contribution >= 0.6 is 0 Å². The van der Waals surface area contributed by atoms with Gasteiger partial charge >= 0.3 is 12.1 Å². The second-order valence-corrected chi connectivity index (χ2v) is 6.82. The van der Waals surface area contributed by atoms with E-state index in [9.17, 15) is 9.59 Å². The highest BCUT2D eigenvalue weighted by Gasteiger charge is 2.48. The van der Waals surface area contributed by atoms with Gasteiger partial charge in [-0.15, -0.1) is 0 Å². The molecule has 1 amide bonds. The van der Waals surface area contributed by atoms with Gasteiger partial charge in [0.1, 0.15) is 11.8 Å². The van der Waals surface area contributed by atoms with Gasteiger partial charge in [-0.05, 0) is 20.8 Å². The maximum absolute atomic E-state index is 12.4. The minimum Gasteiger partial charge on any atom is -0.467 e. The highest BCUT2D eigenvalue weighted by atomic mass is 16.6. The first-order valence-corrected chi connectivity index (χ1v) is 6.55. The van der Waals surface area contributed by atoms with Crippen LogP contribution in [-0.2, 0) is 19.0 Å². The minimum absolute atomic E-state index is 0.249. The molecule has 0 spiro atoms. The lowest BCUT2D eigenvalue weighted by Crippen LogP contribution is -2.51. The van der Waals surface area contributed by atoms with Crippen molar-refractivity contribution in [2.45, 2.75) is 59.4 Å². The maximum Gasteiger partial charge on any atom is 0.413 e. The van der Waals surface area contributed by atoms with Gasteiger partial charge in [-0.3, -0.25) is 4.90 Å². The molecule has 0 unspecified atom stereocenters. The molecule has 0 saturated carbocycles. The lowest BCUT2D eigenvalue weighted by molar-refractivity contribution is -0.146. The Morgan fingerprint density at radius 3 is 2.20 bits per heavy atom. The van der Waals surface area contributed by atoms with Gasteiger partial charge in [0.15, 0.2) is 6.02 Å². The summed E-state index contributed by atoms with van der Waals surface area (Å²) in [5.74, 6) is -0.847. The fourth-order valence-electron chi connectivity index (χ4n) is 1.87. The van der Waals surface area contributed by atoms with Crippen LogP contribution in [0.4, 0.5) is 4.79 Å². The Labute approximate surface area is 121 Å². The number of carbonyl (C=O) groups excluding carboxylic acids is 2. The average molecular weight is 288 g/mol. The molecule has 116 valence electrons. The van der Waals surface area contributed by atoms with Crippen LogP contribution in [-0.4, -0.2) is 48.5 Å². The van der Waals surface area contributed by atoms with E-state index in [0.717, 1.165) is 4.90 Å². The van der Waals surface area contributed by atoms with Gasteiger partial charge in [-0.1, -0.05) is 20.8 Å². The molecule has 1 rings (SSSR count). The smallest absolute Gasteiger partial charge is 0.413 e. The summed E-state index contributed by atoms with van der Waals surface area (Å²) in [5, 5.41) is 0. The predicted octanol–water partition coefficient (Wildman–Crippen LogP) is 2.17. The Balaban J connectivity index is 3.19. The number of esters is 1. The molecule has 0 N–H and O–H groups in total. The Morgan fingerprint density at radius 2 is 1.80 bits per heavy atom. The van der Waals surface area contributed by atoms with Crippen molar-refractivity contribution < 1.29 is 25.2 Å². The second-order valence-electron chi connectivity index (χ2n) is 6.82. The zero-order valence-electron chi connectivity index (χ0n) is 14.3. The molecule has 0 aromatic rings. The number of methoxy groups -OCH3 is 1. The van der Waals surface area contributed by atoms with Crippen LogP contribution in [0, 0.1) is 5.41 Å². The molecule has 1 aliphatic heterocycles. The number of amides is 1. The number of carbonyl (C=O) groups is 2. The lowest BCUT2D eigenvalue weighted by Gasteiger charge is -2.35. The van der Waals surface area contributed by atoms with E-state index < -0.39 is 35.3 Å². The van der Waals surface area contributed by atoms with Crippen LogP contribution in [0.2, 0.25) is 0 Å². The van der Waals surface area contributed by atoms with Crippen LogP contribution in [0.1, 0.15) is 42.9 Å². The third-order valence-electron chi connectivity index (χ3n) is 2.66. The van der Waals surface area contributed by atoms with Crippen molar-refractivity contribution in [1.29, 1.82) is 0 Å². The summed E-state index contributed by atoms with van der Waals surface area (Å²) in [5.41, 5.74) is -1.22. The Morgan fingerprint density at radius 1 is 1.25 bits per heavy atom. The average Bonchev–Trinajstić information content (AvgIpc) is 2.64. The largest absolute Gasteiger partial charge is 0.467 e. The Bertz CT molecular complexity index is 426. The molecule has 6 heteroatoms. The zero-order valence-corrected chi connectivity index (χ0v) is 13.3. The van der Waals surface area contributed by atoms with Crippen molar-refractivity contribution in [3.05, 3.63) is 0 Å². The van der Waals surface area contributed by atoms with Crippen LogP contribution in [0.5, 0.6) is 0 Å². The fourth-order valence-corrected chi connectivity index (χ4v) is 1.87. The van der Waals surface area contributed by atoms with Gasteiger partial charge in [-0.2, -0.15) is 0 Å². The van der Waals surface area contributed by atoms with E-state index in [4.69, 9.17) is 10.8 Å². The van der Waals surface area contributed by atoms with Crippen molar-refractivity contribution in [3.8, 4) is 0 Å². The van der Waals surface area contributed by atoms with Crippen LogP contribution in [0.3, 0.4) is 0 Å². The summed E-state index contributed by atoms with van der Waals surface area (Å²) in [6.07, 6.45) is -1.51. The molecule has 2 atom stereocenters. The summed E-state index contributed by atoms with van der Waals surface area (Å²) in [4.78, 5) is 25.4. The molecule has 0 aromatic carbocycles. The molecule has 1 heterocycles. The van der Waals surface area contributed by atoms with Crippen LogP contribution < -0.4 is 0 Å². The number of nitrogens with zero attached hydrogens (tertiary/aromatic N) is 1. The van der Waals surface area contributed by atoms with Gasteiger partial charge in [-0.25, -0.2) is 9.59 Å². The van der Waals surface area contributed by atoms with Crippen molar-refractivity contribution in [2.24, 2.45) is 5.41 Å². The summed E-state index contributed by atoms with van der Waals surface area (Å²) in [6, 6.07) is -1.94. The van der Waals surface area contributed by atoms with E-state index in [2.05, 4.69) is 4.74 Å². The molecule has 1 aliphatic rings. The van der Waals surface area contributed by atoms with Crippen molar-refractivity contribution in [2.75, 3.05) is 13.7 Å². The molecular formula is C14H25NO5. The van der Waals surface area contributed by atoms with E-state index in [1.54, 1.807) is 20.8 Å². The highest BCUT2D eigenvalue weighted by Crippen LogP contribution is 2.33. The zero-order chi connectivity index (χ0) is 16.6. The molecule has 20 heavy (non-hydrogen) atoms. The molecule has 0 aromatic heterocycles. The number of hydrogen-bond acceptors (Lipinski definition) is 5. The summed E-state index contributed by atoms with van der Waals surface area (Å²) < 4.78 is 23.8. The van der Waals surface area contributed by atoms with Gasteiger partial charge in [0.2, 0.25) is 0 Å². The molecule has 0 aliphatic carbocycles. The second kappa shape index (κ2) is 5.60. The van der Waals surface area contributed by atoms with Crippen molar-refractivity contribution in [3.63, 3.8) is 0 Å². The monoisotopic (exact) mass is 288 g/mol. The number of rotatable bonds is 1. The Hall–Kier alpha value is -1.30. The summed E-state index contributed by atoms with van der Waals surface area (Å²) in [7, 11) is 1.18. The molecule has 6 nitrogen and oxygen atoms in total. The van der Waals surface area contributed by atoms with Crippen LogP contribution in [0.15, 0.2) is 0 Å². The quantitative estimate of drug-likeness (QED) is 0.692. The van der Waals surface area contributed by atoms with Gasteiger partial charge in [0.25, 0.3) is 0 Å². The van der Waals surface area contributed by atoms with E-state index in [0.29, 0.717) is 0 Å². The molecular weight excluding hydrogens is 262 g/mol.